The van der Waals surface area contributed by atoms with Crippen LogP contribution in [-0.4, -0.2) is 41.8 Å². The Balaban J connectivity index is 1.88. The van der Waals surface area contributed by atoms with Crippen LogP contribution in [0.15, 0.2) is 42.5 Å². The molecule has 0 spiro atoms. The lowest BCUT2D eigenvalue weighted by Gasteiger charge is -2.16. The van der Waals surface area contributed by atoms with Gasteiger partial charge in [0.05, 0.1) is 29.3 Å². The molecule has 0 aliphatic carbocycles. The van der Waals surface area contributed by atoms with Crippen molar-refractivity contribution in [3.8, 4) is 0 Å². The maximum absolute atomic E-state index is 12.2. The van der Waals surface area contributed by atoms with E-state index in [1.54, 1.807) is 24.9 Å². The summed E-state index contributed by atoms with van der Waals surface area (Å²) in [6, 6.07) is 11.9. The molecule has 8 heteroatoms. The zero-order valence-corrected chi connectivity index (χ0v) is 15.5. The highest BCUT2D eigenvalue weighted by molar-refractivity contribution is 5.95. The second kappa shape index (κ2) is 8.91. The Morgan fingerprint density at radius 1 is 1.00 bits per heavy atom. The summed E-state index contributed by atoms with van der Waals surface area (Å²) in [5.74, 6) is -0.593. The molecule has 2 aromatic rings. The molecule has 2 N–H and O–H groups in total. The fraction of sp³-hybridized carbons (Fsp3) is 0.263. The lowest BCUT2D eigenvalue weighted by atomic mass is 10.1. The molecule has 0 bridgehead atoms. The van der Waals surface area contributed by atoms with Crippen LogP contribution in [0, 0.1) is 24.0 Å². The van der Waals surface area contributed by atoms with Crippen molar-refractivity contribution in [2.75, 3.05) is 30.8 Å². The standard InChI is InChI=1S/C19H22N4O4/c1-13-7-9-15(10-8-13)20-18(24)11-22(3)12-19(25)21-16-5-4-6-17(14(16)2)23(26)27/h4-10H,11-12H2,1-3H3,(H,20,24)(H,21,25). The van der Waals surface area contributed by atoms with Crippen molar-refractivity contribution in [2.24, 2.45) is 0 Å². The Morgan fingerprint density at radius 2 is 1.59 bits per heavy atom. The van der Waals surface area contributed by atoms with E-state index in [0.29, 0.717) is 16.9 Å². The van der Waals surface area contributed by atoms with E-state index in [-0.39, 0.29) is 30.6 Å². The zero-order valence-electron chi connectivity index (χ0n) is 15.5. The van der Waals surface area contributed by atoms with Gasteiger partial charge in [-0.2, -0.15) is 0 Å². The molecule has 0 saturated heterocycles. The molecule has 0 unspecified atom stereocenters. The molecule has 0 aliphatic heterocycles. The van der Waals surface area contributed by atoms with Crippen molar-refractivity contribution in [1.82, 2.24) is 4.90 Å². The highest BCUT2D eigenvalue weighted by atomic mass is 16.6. The van der Waals surface area contributed by atoms with Gasteiger partial charge in [0.1, 0.15) is 0 Å². The van der Waals surface area contributed by atoms with Gasteiger partial charge in [0.25, 0.3) is 5.69 Å². The van der Waals surface area contributed by atoms with Crippen molar-refractivity contribution in [2.45, 2.75) is 13.8 Å². The van der Waals surface area contributed by atoms with Crippen LogP contribution < -0.4 is 10.6 Å². The molecule has 2 aromatic carbocycles. The van der Waals surface area contributed by atoms with Gasteiger partial charge in [-0.25, -0.2) is 0 Å². The van der Waals surface area contributed by atoms with Gasteiger partial charge in [-0.05, 0) is 39.1 Å². The Labute approximate surface area is 157 Å². The Hall–Kier alpha value is -3.26. The Morgan fingerprint density at radius 3 is 2.19 bits per heavy atom. The van der Waals surface area contributed by atoms with Crippen molar-refractivity contribution < 1.29 is 14.5 Å². The number of amides is 2. The third kappa shape index (κ3) is 5.89. The number of hydrogen-bond donors (Lipinski definition) is 2. The van der Waals surface area contributed by atoms with Gasteiger partial charge in [0.2, 0.25) is 11.8 Å². The van der Waals surface area contributed by atoms with E-state index >= 15 is 0 Å². The van der Waals surface area contributed by atoms with Crippen molar-refractivity contribution >= 4 is 28.9 Å². The SMILES string of the molecule is Cc1ccc(NC(=O)CN(C)CC(=O)Nc2cccc([N+](=O)[O-])c2C)cc1. The fourth-order valence-electron chi connectivity index (χ4n) is 2.53. The molecule has 0 atom stereocenters. The number of rotatable bonds is 7. The number of carbonyl (C=O) groups excluding carboxylic acids is 2. The minimum Gasteiger partial charge on any atom is -0.325 e. The van der Waals surface area contributed by atoms with Crippen LogP contribution in [0.5, 0.6) is 0 Å². The Kier molecular flexibility index (Phi) is 6.62. The maximum atomic E-state index is 12.2. The first kappa shape index (κ1) is 20.1. The van der Waals surface area contributed by atoms with E-state index in [2.05, 4.69) is 10.6 Å². The second-order valence-electron chi connectivity index (χ2n) is 6.34. The smallest absolute Gasteiger partial charge is 0.274 e. The number of nitro benzene ring substituents is 1. The molecule has 2 rings (SSSR count). The van der Waals surface area contributed by atoms with Crippen LogP contribution in [0.4, 0.5) is 17.1 Å². The highest BCUT2D eigenvalue weighted by Crippen LogP contribution is 2.24. The summed E-state index contributed by atoms with van der Waals surface area (Å²) in [7, 11) is 1.65. The average molecular weight is 370 g/mol. The minimum atomic E-state index is -0.494. The molecule has 0 radical (unpaired) electrons. The predicted octanol–water partition coefficient (Wildman–Crippen LogP) is 2.72. The summed E-state index contributed by atoms with van der Waals surface area (Å²) < 4.78 is 0. The molecule has 27 heavy (non-hydrogen) atoms. The quantitative estimate of drug-likeness (QED) is 0.576. The number of hydrogen-bond acceptors (Lipinski definition) is 5. The van der Waals surface area contributed by atoms with Crippen LogP contribution >= 0.6 is 0 Å². The summed E-state index contributed by atoms with van der Waals surface area (Å²) in [5, 5.41) is 16.4. The summed E-state index contributed by atoms with van der Waals surface area (Å²) in [6.45, 7) is 3.55. The molecule has 2 amide bonds. The van der Waals surface area contributed by atoms with Crippen LogP contribution in [-0.2, 0) is 9.59 Å². The second-order valence-corrected chi connectivity index (χ2v) is 6.34. The van der Waals surface area contributed by atoms with Crippen molar-refractivity contribution in [1.29, 1.82) is 0 Å². The number of likely N-dealkylation sites (N-methyl/N-ethyl adjacent to an activating group) is 1. The number of carbonyl (C=O) groups is 2. The van der Waals surface area contributed by atoms with E-state index < -0.39 is 4.92 Å². The van der Waals surface area contributed by atoms with E-state index in [4.69, 9.17) is 0 Å². The largest absolute Gasteiger partial charge is 0.325 e. The van der Waals surface area contributed by atoms with Gasteiger partial charge in [0.15, 0.2) is 0 Å². The van der Waals surface area contributed by atoms with Gasteiger partial charge in [-0.3, -0.25) is 24.6 Å². The lowest BCUT2D eigenvalue weighted by Crippen LogP contribution is -2.36. The third-order valence-electron chi connectivity index (χ3n) is 3.94. The first-order valence-electron chi connectivity index (χ1n) is 8.35. The van der Waals surface area contributed by atoms with Gasteiger partial charge < -0.3 is 10.6 Å². The van der Waals surface area contributed by atoms with Gasteiger partial charge in [0, 0.05) is 11.8 Å². The minimum absolute atomic E-state index is 0.0244. The summed E-state index contributed by atoms with van der Waals surface area (Å²) in [5.41, 5.74) is 2.50. The lowest BCUT2D eigenvalue weighted by molar-refractivity contribution is -0.385. The van der Waals surface area contributed by atoms with Crippen molar-refractivity contribution in [3.05, 3.63) is 63.7 Å². The molecule has 8 nitrogen and oxygen atoms in total. The maximum Gasteiger partial charge on any atom is 0.274 e. The highest BCUT2D eigenvalue weighted by Gasteiger charge is 2.16. The average Bonchev–Trinajstić information content (AvgIpc) is 2.58. The molecule has 0 fully saturated rings. The number of nitro groups is 1. The summed E-state index contributed by atoms with van der Waals surface area (Å²) in [6.07, 6.45) is 0. The monoisotopic (exact) mass is 370 g/mol. The van der Waals surface area contributed by atoms with Gasteiger partial charge >= 0.3 is 0 Å². The molecular weight excluding hydrogens is 348 g/mol. The number of benzene rings is 2. The third-order valence-corrected chi connectivity index (χ3v) is 3.94. The molecule has 0 aliphatic rings. The van der Waals surface area contributed by atoms with E-state index in [0.717, 1.165) is 5.56 Å². The predicted molar refractivity (Wildman–Crippen MR) is 104 cm³/mol. The first-order chi connectivity index (χ1) is 12.8. The summed E-state index contributed by atoms with van der Waals surface area (Å²) >= 11 is 0. The first-order valence-corrected chi connectivity index (χ1v) is 8.35. The number of nitrogens with one attached hydrogen (secondary N) is 2. The summed E-state index contributed by atoms with van der Waals surface area (Å²) in [4.78, 5) is 36.3. The zero-order chi connectivity index (χ0) is 20.0. The van der Waals surface area contributed by atoms with Gasteiger partial charge in [-0.15, -0.1) is 0 Å². The number of anilines is 2. The molecule has 0 aromatic heterocycles. The molecule has 0 saturated carbocycles. The molecule has 142 valence electrons. The molecular formula is C19H22N4O4. The van der Waals surface area contributed by atoms with Crippen molar-refractivity contribution in [3.63, 3.8) is 0 Å². The fourth-order valence-corrected chi connectivity index (χ4v) is 2.53. The van der Waals surface area contributed by atoms with E-state index in [1.807, 2.05) is 31.2 Å². The van der Waals surface area contributed by atoms with Crippen LogP contribution in [0.3, 0.4) is 0 Å². The topological polar surface area (TPSA) is 105 Å². The van der Waals surface area contributed by atoms with Crippen LogP contribution in [0.2, 0.25) is 0 Å². The molecule has 0 heterocycles. The van der Waals surface area contributed by atoms with E-state index in [9.17, 15) is 19.7 Å². The van der Waals surface area contributed by atoms with Crippen LogP contribution in [0.1, 0.15) is 11.1 Å². The Bertz CT molecular complexity index is 849. The normalized spacial score (nSPS) is 10.5. The van der Waals surface area contributed by atoms with Crippen LogP contribution in [0.25, 0.3) is 0 Å². The van der Waals surface area contributed by atoms with E-state index in [1.165, 1.54) is 12.1 Å². The number of aryl methyl sites for hydroxylation is 1. The van der Waals surface area contributed by atoms with Gasteiger partial charge in [-0.1, -0.05) is 23.8 Å². The number of nitrogens with zero attached hydrogens (tertiary/aromatic N) is 2.